The van der Waals surface area contributed by atoms with Crippen LogP contribution in [0.4, 0.5) is 0 Å². The van der Waals surface area contributed by atoms with Crippen LogP contribution < -0.4 is 4.74 Å². The van der Waals surface area contributed by atoms with Gasteiger partial charge in [-0.25, -0.2) is 8.42 Å². The van der Waals surface area contributed by atoms with Crippen molar-refractivity contribution in [2.45, 2.75) is 51.5 Å². The van der Waals surface area contributed by atoms with Gasteiger partial charge >= 0.3 is 0 Å². The van der Waals surface area contributed by atoms with Crippen LogP contribution in [0.2, 0.25) is 0 Å². The van der Waals surface area contributed by atoms with Crippen LogP contribution in [0.15, 0.2) is 29.2 Å². The Morgan fingerprint density at radius 1 is 1.15 bits per heavy atom. The number of amides is 1. The zero-order valence-corrected chi connectivity index (χ0v) is 17.0. The molecule has 2 rings (SSSR count). The maximum Gasteiger partial charge on any atom is 0.243 e. The molecule has 1 heterocycles. The summed E-state index contributed by atoms with van der Waals surface area (Å²) in [7, 11) is -3.53. The molecule has 1 aliphatic rings. The standard InChI is InChI=1S/C19H30N2O4S/c1-5-20(6-2)19(22)16-11-13-21(14-12-16)26(23,24)18-9-7-17(8-10-18)25-15(3)4/h7-10,15-16H,5-6,11-14H2,1-4H3. The molecule has 146 valence electrons. The number of ether oxygens (including phenoxy) is 1. The third-order valence-corrected chi connectivity index (χ3v) is 6.62. The van der Waals surface area contributed by atoms with Crippen molar-refractivity contribution in [3.63, 3.8) is 0 Å². The summed E-state index contributed by atoms with van der Waals surface area (Å²) in [5.41, 5.74) is 0. The van der Waals surface area contributed by atoms with E-state index in [0.717, 1.165) is 0 Å². The van der Waals surface area contributed by atoms with Crippen molar-refractivity contribution < 1.29 is 17.9 Å². The number of nitrogens with zero attached hydrogens (tertiary/aromatic N) is 2. The van der Waals surface area contributed by atoms with E-state index in [4.69, 9.17) is 4.74 Å². The Morgan fingerprint density at radius 2 is 1.69 bits per heavy atom. The maximum atomic E-state index is 12.8. The quantitative estimate of drug-likeness (QED) is 0.727. The molecule has 1 aromatic rings. The molecule has 0 N–H and O–H groups in total. The summed E-state index contributed by atoms with van der Waals surface area (Å²) in [5.74, 6) is 0.716. The van der Waals surface area contributed by atoms with Crippen LogP contribution in [0.5, 0.6) is 5.75 Å². The molecule has 1 saturated heterocycles. The van der Waals surface area contributed by atoms with Gasteiger partial charge in [0.25, 0.3) is 0 Å². The summed E-state index contributed by atoms with van der Waals surface area (Å²) < 4.78 is 32.7. The monoisotopic (exact) mass is 382 g/mol. The van der Waals surface area contributed by atoms with Gasteiger partial charge in [0.15, 0.2) is 0 Å². The molecule has 1 aromatic carbocycles. The number of benzene rings is 1. The van der Waals surface area contributed by atoms with Crippen LogP contribution in [0.25, 0.3) is 0 Å². The number of carbonyl (C=O) groups excluding carboxylic acids is 1. The second-order valence-corrected chi connectivity index (χ2v) is 8.76. The smallest absolute Gasteiger partial charge is 0.243 e. The first-order valence-electron chi connectivity index (χ1n) is 9.35. The Balaban J connectivity index is 2.02. The molecule has 0 aromatic heterocycles. The summed E-state index contributed by atoms with van der Waals surface area (Å²) in [6.45, 7) is 9.93. The number of hydrogen-bond acceptors (Lipinski definition) is 4. The van der Waals surface area contributed by atoms with Crippen LogP contribution >= 0.6 is 0 Å². The summed E-state index contributed by atoms with van der Waals surface area (Å²) in [5, 5.41) is 0. The summed E-state index contributed by atoms with van der Waals surface area (Å²) in [6.07, 6.45) is 1.19. The van der Waals surface area contributed by atoms with Gasteiger partial charge in [0, 0.05) is 32.1 Å². The van der Waals surface area contributed by atoms with Crippen LogP contribution in [-0.2, 0) is 14.8 Å². The zero-order valence-electron chi connectivity index (χ0n) is 16.1. The van der Waals surface area contributed by atoms with Gasteiger partial charge < -0.3 is 9.64 Å². The van der Waals surface area contributed by atoms with Crippen LogP contribution in [-0.4, -0.2) is 55.8 Å². The van der Waals surface area contributed by atoms with E-state index in [1.54, 1.807) is 24.3 Å². The normalized spacial score (nSPS) is 16.7. The lowest BCUT2D eigenvalue weighted by atomic mass is 9.96. The highest BCUT2D eigenvalue weighted by atomic mass is 32.2. The number of sulfonamides is 1. The van der Waals surface area contributed by atoms with E-state index in [-0.39, 0.29) is 22.8 Å². The molecule has 6 nitrogen and oxygen atoms in total. The van der Waals surface area contributed by atoms with Gasteiger partial charge in [-0.1, -0.05) is 0 Å². The number of piperidine rings is 1. The van der Waals surface area contributed by atoms with Crippen LogP contribution in [0.3, 0.4) is 0 Å². The number of hydrogen-bond donors (Lipinski definition) is 0. The summed E-state index contributed by atoms with van der Waals surface area (Å²) in [6, 6.07) is 6.54. The minimum Gasteiger partial charge on any atom is -0.491 e. The van der Waals surface area contributed by atoms with Crippen molar-refractivity contribution in [1.29, 1.82) is 0 Å². The van der Waals surface area contributed by atoms with E-state index in [0.29, 0.717) is 44.8 Å². The Hall–Kier alpha value is -1.60. The van der Waals surface area contributed by atoms with Crippen molar-refractivity contribution in [1.82, 2.24) is 9.21 Å². The highest BCUT2D eigenvalue weighted by Gasteiger charge is 2.33. The molecule has 0 unspecified atom stereocenters. The first-order chi connectivity index (χ1) is 12.3. The molecular formula is C19H30N2O4S. The van der Waals surface area contributed by atoms with Gasteiger partial charge in [0.2, 0.25) is 15.9 Å². The fraction of sp³-hybridized carbons (Fsp3) is 0.632. The van der Waals surface area contributed by atoms with E-state index < -0.39 is 10.0 Å². The predicted molar refractivity (Wildman–Crippen MR) is 102 cm³/mol. The van der Waals surface area contributed by atoms with Gasteiger partial charge in [-0.2, -0.15) is 4.31 Å². The Kier molecular flexibility index (Phi) is 7.06. The Bertz CT molecular complexity index is 689. The average Bonchev–Trinajstić information content (AvgIpc) is 2.62. The van der Waals surface area contributed by atoms with Crippen molar-refractivity contribution in [3.05, 3.63) is 24.3 Å². The van der Waals surface area contributed by atoms with Gasteiger partial charge in [-0.3, -0.25) is 4.79 Å². The van der Waals surface area contributed by atoms with E-state index in [2.05, 4.69) is 0 Å². The molecule has 7 heteroatoms. The molecule has 1 fully saturated rings. The first-order valence-corrected chi connectivity index (χ1v) is 10.8. The molecule has 0 aliphatic carbocycles. The lowest BCUT2D eigenvalue weighted by molar-refractivity contribution is -0.136. The predicted octanol–water partition coefficient (Wildman–Crippen LogP) is 2.74. The van der Waals surface area contributed by atoms with E-state index in [9.17, 15) is 13.2 Å². The molecule has 0 spiro atoms. The van der Waals surface area contributed by atoms with Gasteiger partial charge in [0.05, 0.1) is 11.0 Å². The second kappa shape index (κ2) is 8.86. The lowest BCUT2D eigenvalue weighted by Gasteiger charge is -2.33. The van der Waals surface area contributed by atoms with Crippen LogP contribution in [0.1, 0.15) is 40.5 Å². The largest absolute Gasteiger partial charge is 0.491 e. The van der Waals surface area contributed by atoms with Gasteiger partial charge in [-0.15, -0.1) is 0 Å². The first kappa shape index (κ1) is 20.7. The highest BCUT2D eigenvalue weighted by molar-refractivity contribution is 7.89. The molecule has 0 radical (unpaired) electrons. The van der Waals surface area contributed by atoms with E-state index >= 15 is 0 Å². The van der Waals surface area contributed by atoms with Crippen molar-refractivity contribution in [2.75, 3.05) is 26.2 Å². The molecule has 26 heavy (non-hydrogen) atoms. The molecule has 0 bridgehead atoms. The van der Waals surface area contributed by atoms with E-state index in [1.807, 2.05) is 32.6 Å². The third-order valence-electron chi connectivity index (χ3n) is 4.71. The highest BCUT2D eigenvalue weighted by Crippen LogP contribution is 2.26. The molecule has 1 amide bonds. The Labute approximate surface area is 157 Å². The molecule has 1 aliphatic heterocycles. The van der Waals surface area contributed by atoms with Crippen molar-refractivity contribution in [3.8, 4) is 5.75 Å². The minimum absolute atomic E-state index is 0.0415. The van der Waals surface area contributed by atoms with E-state index in [1.165, 1.54) is 4.31 Å². The molecular weight excluding hydrogens is 352 g/mol. The van der Waals surface area contributed by atoms with Gasteiger partial charge in [-0.05, 0) is 64.8 Å². The summed E-state index contributed by atoms with van der Waals surface area (Å²) >= 11 is 0. The second-order valence-electron chi connectivity index (χ2n) is 6.83. The molecule has 0 atom stereocenters. The van der Waals surface area contributed by atoms with Gasteiger partial charge in [0.1, 0.15) is 5.75 Å². The number of carbonyl (C=O) groups is 1. The fourth-order valence-corrected chi connectivity index (χ4v) is 4.72. The molecule has 0 saturated carbocycles. The zero-order chi connectivity index (χ0) is 19.3. The lowest BCUT2D eigenvalue weighted by Crippen LogP contribution is -2.44. The summed E-state index contributed by atoms with van der Waals surface area (Å²) in [4.78, 5) is 14.5. The minimum atomic E-state index is -3.53. The topological polar surface area (TPSA) is 66.9 Å². The fourth-order valence-electron chi connectivity index (χ4n) is 3.25. The average molecular weight is 383 g/mol. The van der Waals surface area contributed by atoms with Crippen molar-refractivity contribution >= 4 is 15.9 Å². The third kappa shape index (κ3) is 4.76. The van der Waals surface area contributed by atoms with Crippen LogP contribution in [0, 0.1) is 5.92 Å². The number of rotatable bonds is 7. The maximum absolute atomic E-state index is 12.8. The Morgan fingerprint density at radius 3 is 2.15 bits per heavy atom. The van der Waals surface area contributed by atoms with Crippen molar-refractivity contribution in [2.24, 2.45) is 5.92 Å². The SMILES string of the molecule is CCN(CC)C(=O)C1CCN(S(=O)(=O)c2ccc(OC(C)C)cc2)CC1.